The molecule has 1 saturated carbocycles. The van der Waals surface area contributed by atoms with Crippen LogP contribution < -0.4 is 0 Å². The Hall–Kier alpha value is -0.630. The van der Waals surface area contributed by atoms with Gasteiger partial charge in [-0.1, -0.05) is 26.0 Å². The third-order valence-corrected chi connectivity index (χ3v) is 3.50. The monoisotopic (exact) mass is 194 g/mol. The summed E-state index contributed by atoms with van der Waals surface area (Å²) in [5.41, 5.74) is -0.426. The molecule has 0 saturated heterocycles. The molecule has 0 aromatic heterocycles. The molecule has 2 aliphatic carbocycles. The first-order chi connectivity index (χ1) is 6.72. The molecule has 0 aromatic carbocycles. The first kappa shape index (κ1) is 9.91. The molecule has 0 spiro atoms. The molecular formula is C12H18O2. The smallest absolute Gasteiger partial charge is 0.168 e. The lowest BCUT2D eigenvalue weighted by Crippen LogP contribution is -2.64. The number of allylic oxidation sites excluding steroid dienone is 1. The van der Waals surface area contributed by atoms with Crippen LogP contribution >= 0.6 is 0 Å². The van der Waals surface area contributed by atoms with E-state index in [0.29, 0.717) is 18.3 Å². The zero-order chi connectivity index (χ0) is 10.2. The summed E-state index contributed by atoms with van der Waals surface area (Å²) in [7, 11) is 0. The Morgan fingerprint density at radius 2 is 2.43 bits per heavy atom. The van der Waals surface area contributed by atoms with Crippen molar-refractivity contribution in [2.75, 3.05) is 6.61 Å². The number of ketones is 1. The summed E-state index contributed by atoms with van der Waals surface area (Å²) >= 11 is 0. The lowest BCUT2D eigenvalue weighted by atomic mass is 9.57. The van der Waals surface area contributed by atoms with E-state index in [0.717, 1.165) is 19.3 Å². The molecule has 0 amide bonds. The van der Waals surface area contributed by atoms with E-state index in [1.54, 1.807) is 0 Å². The first-order valence-corrected chi connectivity index (χ1v) is 5.57. The molecule has 2 heteroatoms. The van der Waals surface area contributed by atoms with Gasteiger partial charge in [0, 0.05) is 18.4 Å². The predicted octanol–water partition coefficient (Wildman–Crippen LogP) is 2.34. The second-order valence-electron chi connectivity index (χ2n) is 4.38. The maximum absolute atomic E-state index is 11.9. The highest BCUT2D eigenvalue weighted by molar-refractivity contribution is 5.97. The topological polar surface area (TPSA) is 26.3 Å². The Morgan fingerprint density at radius 3 is 3.14 bits per heavy atom. The number of rotatable bonds is 3. The van der Waals surface area contributed by atoms with Crippen molar-refractivity contribution in [3.8, 4) is 0 Å². The number of carbonyl (C=O) groups is 1. The fraction of sp³-hybridized carbons (Fsp3) is 0.750. The number of hydrogen-bond donors (Lipinski definition) is 0. The van der Waals surface area contributed by atoms with Gasteiger partial charge in [-0.2, -0.15) is 0 Å². The van der Waals surface area contributed by atoms with E-state index >= 15 is 0 Å². The highest BCUT2D eigenvalue weighted by atomic mass is 16.5. The van der Waals surface area contributed by atoms with Crippen molar-refractivity contribution in [1.82, 2.24) is 0 Å². The highest BCUT2D eigenvalue weighted by Crippen LogP contribution is 2.49. The normalized spacial score (nSPS) is 40.6. The van der Waals surface area contributed by atoms with E-state index in [9.17, 15) is 4.79 Å². The van der Waals surface area contributed by atoms with Gasteiger partial charge in [0.05, 0.1) is 0 Å². The summed E-state index contributed by atoms with van der Waals surface area (Å²) in [6.45, 7) is 4.80. The first-order valence-electron chi connectivity index (χ1n) is 5.57. The van der Waals surface area contributed by atoms with Gasteiger partial charge in [-0.25, -0.2) is 0 Å². The molecule has 3 atom stereocenters. The molecule has 0 N–H and O–H groups in total. The van der Waals surface area contributed by atoms with E-state index in [1.165, 1.54) is 0 Å². The Bertz CT molecular complexity index is 269. The van der Waals surface area contributed by atoms with Gasteiger partial charge < -0.3 is 4.74 Å². The van der Waals surface area contributed by atoms with E-state index in [1.807, 2.05) is 6.92 Å². The third-order valence-electron chi connectivity index (χ3n) is 3.50. The van der Waals surface area contributed by atoms with Crippen molar-refractivity contribution < 1.29 is 9.53 Å². The van der Waals surface area contributed by atoms with E-state index < -0.39 is 5.60 Å². The van der Waals surface area contributed by atoms with E-state index in [-0.39, 0.29) is 5.92 Å². The summed E-state index contributed by atoms with van der Waals surface area (Å²) in [5.74, 6) is 0.832. The Labute approximate surface area is 85.3 Å². The molecule has 0 aromatic rings. The fourth-order valence-electron chi connectivity index (χ4n) is 2.70. The third kappa shape index (κ3) is 1.17. The van der Waals surface area contributed by atoms with Gasteiger partial charge in [-0.3, -0.25) is 4.79 Å². The average molecular weight is 194 g/mol. The summed E-state index contributed by atoms with van der Waals surface area (Å²) in [6.07, 6.45) is 7.21. The van der Waals surface area contributed by atoms with Gasteiger partial charge >= 0.3 is 0 Å². The van der Waals surface area contributed by atoms with Gasteiger partial charge in [0.15, 0.2) is 5.78 Å². The quantitative estimate of drug-likeness (QED) is 0.644. The highest BCUT2D eigenvalue weighted by Gasteiger charge is 2.60. The van der Waals surface area contributed by atoms with Crippen LogP contribution in [0.3, 0.4) is 0 Å². The molecule has 0 bridgehead atoms. The van der Waals surface area contributed by atoms with Crippen LogP contribution in [0.2, 0.25) is 0 Å². The van der Waals surface area contributed by atoms with Crippen molar-refractivity contribution in [1.29, 1.82) is 0 Å². The molecular weight excluding hydrogens is 176 g/mol. The number of hydrogen-bond acceptors (Lipinski definition) is 2. The van der Waals surface area contributed by atoms with E-state index in [4.69, 9.17) is 4.74 Å². The van der Waals surface area contributed by atoms with Crippen LogP contribution in [-0.4, -0.2) is 18.0 Å². The molecule has 0 heterocycles. The maximum Gasteiger partial charge on any atom is 0.168 e. The Morgan fingerprint density at radius 1 is 1.64 bits per heavy atom. The molecule has 14 heavy (non-hydrogen) atoms. The average Bonchev–Trinajstić information content (AvgIpc) is 2.25. The van der Waals surface area contributed by atoms with Crippen LogP contribution in [0.1, 0.15) is 33.1 Å². The molecule has 2 aliphatic rings. The zero-order valence-corrected chi connectivity index (χ0v) is 8.95. The minimum absolute atomic E-state index is 0.170. The van der Waals surface area contributed by atoms with Crippen molar-refractivity contribution in [3.63, 3.8) is 0 Å². The van der Waals surface area contributed by atoms with Crippen molar-refractivity contribution in [3.05, 3.63) is 12.2 Å². The molecule has 2 rings (SSSR count). The van der Waals surface area contributed by atoms with Crippen LogP contribution in [0, 0.1) is 11.8 Å². The van der Waals surface area contributed by atoms with Crippen LogP contribution in [0.15, 0.2) is 12.2 Å². The van der Waals surface area contributed by atoms with Gasteiger partial charge in [-0.15, -0.1) is 0 Å². The maximum atomic E-state index is 11.9. The van der Waals surface area contributed by atoms with Gasteiger partial charge in [0.25, 0.3) is 0 Å². The van der Waals surface area contributed by atoms with Crippen LogP contribution in [-0.2, 0) is 9.53 Å². The number of ether oxygens (including phenoxy) is 1. The zero-order valence-electron chi connectivity index (χ0n) is 8.95. The summed E-state index contributed by atoms with van der Waals surface area (Å²) in [5, 5.41) is 0. The number of carbonyl (C=O) groups excluding carboxylic acids is 1. The Balaban J connectivity index is 2.14. The number of fused-ring (bicyclic) bond motifs is 1. The minimum Gasteiger partial charge on any atom is -0.367 e. The van der Waals surface area contributed by atoms with Crippen molar-refractivity contribution in [2.24, 2.45) is 11.8 Å². The van der Waals surface area contributed by atoms with Crippen molar-refractivity contribution >= 4 is 5.78 Å². The summed E-state index contributed by atoms with van der Waals surface area (Å²) in [4.78, 5) is 11.9. The van der Waals surface area contributed by atoms with Crippen LogP contribution in [0.4, 0.5) is 0 Å². The van der Waals surface area contributed by atoms with Crippen LogP contribution in [0.25, 0.3) is 0 Å². The summed E-state index contributed by atoms with van der Waals surface area (Å²) in [6, 6.07) is 0. The van der Waals surface area contributed by atoms with Gasteiger partial charge in [-0.05, 0) is 19.3 Å². The lowest BCUT2D eigenvalue weighted by molar-refractivity contribution is -0.185. The molecule has 1 fully saturated rings. The number of Topliss-reactive ketones (excluding diaryl/α,β-unsaturated/α-hetero) is 1. The minimum atomic E-state index is -0.426. The molecule has 2 nitrogen and oxygen atoms in total. The van der Waals surface area contributed by atoms with Gasteiger partial charge in [0.2, 0.25) is 0 Å². The molecule has 0 radical (unpaired) electrons. The summed E-state index contributed by atoms with van der Waals surface area (Å²) < 4.78 is 5.80. The SMILES string of the molecule is CCCOC12CCC=CC1C(C)C2=O. The second kappa shape index (κ2) is 3.50. The van der Waals surface area contributed by atoms with Gasteiger partial charge in [0.1, 0.15) is 5.60 Å². The molecule has 78 valence electrons. The molecule has 0 aliphatic heterocycles. The van der Waals surface area contributed by atoms with Crippen molar-refractivity contribution in [2.45, 2.75) is 38.7 Å². The second-order valence-corrected chi connectivity index (χ2v) is 4.38. The van der Waals surface area contributed by atoms with E-state index in [2.05, 4.69) is 19.1 Å². The Kier molecular flexibility index (Phi) is 2.48. The van der Waals surface area contributed by atoms with Crippen LogP contribution in [0.5, 0.6) is 0 Å². The molecule has 3 unspecified atom stereocenters. The predicted molar refractivity (Wildman–Crippen MR) is 55.0 cm³/mol. The fourth-order valence-corrected chi connectivity index (χ4v) is 2.70. The lowest BCUT2D eigenvalue weighted by Gasteiger charge is -2.52. The largest absolute Gasteiger partial charge is 0.367 e. The standard InChI is InChI=1S/C12H18O2/c1-3-8-14-12-7-5-4-6-10(12)9(2)11(12)13/h4,6,9-10H,3,5,7-8H2,1-2H3.